The zero-order valence-electron chi connectivity index (χ0n) is 20.6. The van der Waals surface area contributed by atoms with Gasteiger partial charge in [-0.2, -0.15) is 0 Å². The monoisotopic (exact) mass is 505 g/mol. The van der Waals surface area contributed by atoms with Gasteiger partial charge in [0, 0.05) is 46.1 Å². The molecule has 6 heteroatoms. The van der Waals surface area contributed by atoms with E-state index in [0.717, 1.165) is 34.3 Å². The lowest BCUT2D eigenvalue weighted by molar-refractivity contribution is -0.128. The minimum atomic E-state index is -0.151. The summed E-state index contributed by atoms with van der Waals surface area (Å²) in [5.41, 5.74) is 5.85. The molecule has 37 heavy (non-hydrogen) atoms. The lowest BCUT2D eigenvalue weighted by Gasteiger charge is -2.24. The van der Waals surface area contributed by atoms with Gasteiger partial charge in [0.15, 0.2) is 0 Å². The molecule has 184 valence electrons. The van der Waals surface area contributed by atoms with Gasteiger partial charge in [0.1, 0.15) is 5.37 Å². The van der Waals surface area contributed by atoms with E-state index in [1.165, 1.54) is 10.9 Å². The highest BCUT2D eigenvalue weighted by atomic mass is 32.2. The maximum absolute atomic E-state index is 13.1. The number of fused-ring (bicyclic) bond motifs is 3. The van der Waals surface area contributed by atoms with Gasteiger partial charge < -0.3 is 14.8 Å². The molecule has 5 nitrogen and oxygen atoms in total. The van der Waals surface area contributed by atoms with Crippen molar-refractivity contribution in [2.75, 3.05) is 11.1 Å². The molecule has 2 heterocycles. The number of nitrogens with zero attached hydrogens (tertiary/aromatic N) is 2. The molecule has 1 saturated heterocycles. The standard InChI is InChI=1S/C31H27N3O2S/c1-2-33-27-11-7-6-10-25(27)26-18-24(16-17-28(26)33)32-30(36)22-12-14-23(15-13-22)31-34(29(35)20-37-31)19-21-8-4-3-5-9-21/h3-18,31H,2,19-20H2,1H3,(H,32,36)/t31-/m0/s1. The van der Waals surface area contributed by atoms with E-state index < -0.39 is 0 Å². The molecule has 1 aliphatic heterocycles. The van der Waals surface area contributed by atoms with Gasteiger partial charge in [-0.25, -0.2) is 0 Å². The van der Waals surface area contributed by atoms with Gasteiger partial charge in [-0.1, -0.05) is 60.7 Å². The number of anilines is 1. The largest absolute Gasteiger partial charge is 0.341 e. The van der Waals surface area contributed by atoms with Crippen molar-refractivity contribution in [1.82, 2.24) is 9.47 Å². The molecule has 1 aromatic heterocycles. The van der Waals surface area contributed by atoms with Crippen molar-refractivity contribution in [3.63, 3.8) is 0 Å². The first-order chi connectivity index (χ1) is 18.1. The molecule has 1 aliphatic rings. The molecule has 0 spiro atoms. The fourth-order valence-corrected chi connectivity index (χ4v) is 6.34. The van der Waals surface area contributed by atoms with E-state index in [1.54, 1.807) is 11.8 Å². The Hall–Kier alpha value is -4.03. The normalized spacial score (nSPS) is 15.5. The highest BCUT2D eigenvalue weighted by molar-refractivity contribution is 8.00. The van der Waals surface area contributed by atoms with Crippen LogP contribution in [0.15, 0.2) is 97.1 Å². The van der Waals surface area contributed by atoms with Crippen LogP contribution in [0, 0.1) is 0 Å². The SMILES string of the molecule is CCn1c2ccccc2c2cc(NC(=O)c3ccc([C@@H]4SCC(=O)N4Cc4ccccc4)cc3)ccc21. The average Bonchev–Trinajstić information content (AvgIpc) is 3.46. The van der Waals surface area contributed by atoms with Gasteiger partial charge in [-0.15, -0.1) is 11.8 Å². The van der Waals surface area contributed by atoms with E-state index in [4.69, 9.17) is 0 Å². The first kappa shape index (κ1) is 23.4. The van der Waals surface area contributed by atoms with E-state index in [0.29, 0.717) is 17.9 Å². The molecule has 1 fully saturated rings. The molecule has 0 radical (unpaired) electrons. The third-order valence-electron chi connectivity index (χ3n) is 6.97. The van der Waals surface area contributed by atoms with Gasteiger partial charge in [-0.3, -0.25) is 9.59 Å². The van der Waals surface area contributed by atoms with Crippen molar-refractivity contribution in [1.29, 1.82) is 0 Å². The summed E-state index contributed by atoms with van der Waals surface area (Å²) in [6.45, 7) is 3.61. The number of benzene rings is 4. The lowest BCUT2D eigenvalue weighted by Crippen LogP contribution is -2.27. The third kappa shape index (κ3) is 4.38. The van der Waals surface area contributed by atoms with Crippen LogP contribution in [0.5, 0.6) is 0 Å². The minimum absolute atomic E-state index is 0.0527. The predicted molar refractivity (Wildman–Crippen MR) is 152 cm³/mol. The van der Waals surface area contributed by atoms with E-state index in [9.17, 15) is 9.59 Å². The Morgan fingerprint density at radius 1 is 0.892 bits per heavy atom. The zero-order valence-corrected chi connectivity index (χ0v) is 21.4. The molecule has 0 saturated carbocycles. The quantitative estimate of drug-likeness (QED) is 0.275. The molecule has 5 aromatic rings. The summed E-state index contributed by atoms with van der Waals surface area (Å²) < 4.78 is 2.29. The Bertz CT molecular complexity index is 1610. The topological polar surface area (TPSA) is 54.3 Å². The van der Waals surface area contributed by atoms with Crippen LogP contribution < -0.4 is 5.32 Å². The molecule has 2 amide bonds. The van der Waals surface area contributed by atoms with Crippen LogP contribution in [0.1, 0.15) is 33.8 Å². The number of nitrogens with one attached hydrogen (secondary N) is 1. The van der Waals surface area contributed by atoms with E-state index in [1.807, 2.05) is 71.6 Å². The van der Waals surface area contributed by atoms with Crippen molar-refractivity contribution in [3.8, 4) is 0 Å². The van der Waals surface area contributed by atoms with Crippen molar-refractivity contribution in [3.05, 3.63) is 114 Å². The second-order valence-corrected chi connectivity index (χ2v) is 10.3. The van der Waals surface area contributed by atoms with Gasteiger partial charge in [0.05, 0.1) is 5.75 Å². The number of amides is 2. The highest BCUT2D eigenvalue weighted by Gasteiger charge is 2.32. The first-order valence-electron chi connectivity index (χ1n) is 12.5. The number of aromatic nitrogens is 1. The van der Waals surface area contributed by atoms with Crippen LogP contribution in [0.4, 0.5) is 5.69 Å². The second kappa shape index (κ2) is 9.79. The number of carbonyl (C=O) groups excluding carboxylic acids is 2. The van der Waals surface area contributed by atoms with Gasteiger partial charge in [0.2, 0.25) is 5.91 Å². The van der Waals surface area contributed by atoms with E-state index in [2.05, 4.69) is 47.1 Å². The van der Waals surface area contributed by atoms with Gasteiger partial charge >= 0.3 is 0 Å². The summed E-state index contributed by atoms with van der Waals surface area (Å²) in [6, 6.07) is 32.1. The minimum Gasteiger partial charge on any atom is -0.341 e. The Balaban J connectivity index is 1.21. The molecule has 0 bridgehead atoms. The smallest absolute Gasteiger partial charge is 0.255 e. The average molecular weight is 506 g/mol. The summed E-state index contributed by atoms with van der Waals surface area (Å²) in [5, 5.41) is 5.32. The zero-order chi connectivity index (χ0) is 25.4. The van der Waals surface area contributed by atoms with Crippen LogP contribution in [0.25, 0.3) is 21.8 Å². The van der Waals surface area contributed by atoms with Crippen LogP contribution in [-0.2, 0) is 17.9 Å². The maximum Gasteiger partial charge on any atom is 0.255 e. The summed E-state index contributed by atoms with van der Waals surface area (Å²) in [5.74, 6) is 0.457. The highest BCUT2D eigenvalue weighted by Crippen LogP contribution is 2.39. The number of hydrogen-bond donors (Lipinski definition) is 1. The number of rotatable bonds is 6. The molecular weight excluding hydrogens is 478 g/mol. The van der Waals surface area contributed by atoms with E-state index >= 15 is 0 Å². The molecule has 6 rings (SSSR count). The fourth-order valence-electron chi connectivity index (χ4n) is 5.16. The van der Waals surface area contributed by atoms with Crippen molar-refractivity contribution < 1.29 is 9.59 Å². The molecular formula is C31H27N3O2S. The second-order valence-electron chi connectivity index (χ2n) is 9.24. The number of carbonyl (C=O) groups is 2. The third-order valence-corrected chi connectivity index (χ3v) is 8.22. The number of hydrogen-bond acceptors (Lipinski definition) is 3. The maximum atomic E-state index is 13.1. The summed E-state index contributed by atoms with van der Waals surface area (Å²) in [7, 11) is 0. The molecule has 0 unspecified atom stereocenters. The van der Waals surface area contributed by atoms with Crippen LogP contribution in [0.3, 0.4) is 0 Å². The molecule has 1 atom stereocenters. The van der Waals surface area contributed by atoms with Gasteiger partial charge in [-0.05, 0) is 54.4 Å². The van der Waals surface area contributed by atoms with Crippen LogP contribution in [-0.4, -0.2) is 27.0 Å². The van der Waals surface area contributed by atoms with Crippen molar-refractivity contribution >= 4 is 51.1 Å². The predicted octanol–water partition coefficient (Wildman–Crippen LogP) is 6.84. The number of thioether (sulfide) groups is 1. The fraction of sp³-hybridized carbons (Fsp3) is 0.161. The van der Waals surface area contributed by atoms with Gasteiger partial charge in [0.25, 0.3) is 5.91 Å². The lowest BCUT2D eigenvalue weighted by atomic mass is 10.1. The van der Waals surface area contributed by atoms with Crippen LogP contribution in [0.2, 0.25) is 0 Å². The summed E-state index contributed by atoms with van der Waals surface area (Å²) in [4.78, 5) is 27.6. The Kier molecular flexibility index (Phi) is 6.18. The molecule has 1 N–H and O–H groups in total. The van der Waals surface area contributed by atoms with Crippen molar-refractivity contribution in [2.45, 2.75) is 25.4 Å². The van der Waals surface area contributed by atoms with Crippen LogP contribution >= 0.6 is 11.8 Å². The number of aryl methyl sites for hydroxylation is 1. The molecule has 4 aromatic carbocycles. The Labute approximate surface area is 220 Å². The number of para-hydroxylation sites is 1. The molecule has 0 aliphatic carbocycles. The van der Waals surface area contributed by atoms with E-state index in [-0.39, 0.29) is 17.2 Å². The van der Waals surface area contributed by atoms with Crippen molar-refractivity contribution in [2.24, 2.45) is 0 Å². The summed E-state index contributed by atoms with van der Waals surface area (Å²) in [6.07, 6.45) is 0. The first-order valence-corrected chi connectivity index (χ1v) is 13.5. The Morgan fingerprint density at radius 3 is 2.41 bits per heavy atom. The Morgan fingerprint density at radius 2 is 1.62 bits per heavy atom. The summed E-state index contributed by atoms with van der Waals surface area (Å²) >= 11 is 1.63.